The van der Waals surface area contributed by atoms with Crippen molar-refractivity contribution in [2.24, 2.45) is 0 Å². The van der Waals surface area contributed by atoms with E-state index in [9.17, 15) is 9.18 Å². The highest BCUT2D eigenvalue weighted by molar-refractivity contribution is 6.14. The van der Waals surface area contributed by atoms with E-state index in [1.54, 1.807) is 45.3 Å². The van der Waals surface area contributed by atoms with Gasteiger partial charge >= 0.3 is 0 Å². The summed E-state index contributed by atoms with van der Waals surface area (Å²) in [6, 6.07) is 9.59. The van der Waals surface area contributed by atoms with E-state index in [1.165, 1.54) is 24.1 Å². The lowest BCUT2D eigenvalue weighted by Gasteiger charge is -2.19. The molecule has 1 amide bonds. The van der Waals surface area contributed by atoms with Crippen molar-refractivity contribution in [3.8, 4) is 11.5 Å². The SMILES string of the molecule is COc1ccc(N(C)C(=O)c2c(C)[nH]c3ccc(F)cc23)cc1OC. The van der Waals surface area contributed by atoms with E-state index < -0.39 is 0 Å². The third-order valence-corrected chi connectivity index (χ3v) is 4.22. The molecule has 130 valence electrons. The van der Waals surface area contributed by atoms with Crippen LogP contribution in [0.15, 0.2) is 36.4 Å². The molecule has 0 aliphatic heterocycles. The van der Waals surface area contributed by atoms with Gasteiger partial charge in [-0.3, -0.25) is 4.79 Å². The number of ether oxygens (including phenoxy) is 2. The highest BCUT2D eigenvalue weighted by atomic mass is 19.1. The minimum atomic E-state index is -0.380. The van der Waals surface area contributed by atoms with Crippen LogP contribution in [-0.4, -0.2) is 32.2 Å². The number of carbonyl (C=O) groups excluding carboxylic acids is 1. The molecular formula is C19H19FN2O3. The number of aryl methyl sites for hydroxylation is 1. The topological polar surface area (TPSA) is 54.6 Å². The first-order valence-electron chi connectivity index (χ1n) is 7.74. The van der Waals surface area contributed by atoms with E-state index in [2.05, 4.69) is 4.98 Å². The first-order valence-corrected chi connectivity index (χ1v) is 7.74. The second-order valence-electron chi connectivity index (χ2n) is 5.72. The molecule has 3 aromatic rings. The maximum Gasteiger partial charge on any atom is 0.260 e. The maximum absolute atomic E-state index is 13.6. The predicted molar refractivity (Wildman–Crippen MR) is 95.3 cm³/mol. The average molecular weight is 342 g/mol. The van der Waals surface area contributed by atoms with Crippen LogP contribution in [0.2, 0.25) is 0 Å². The van der Waals surface area contributed by atoms with Gasteiger partial charge in [0.1, 0.15) is 5.82 Å². The number of amides is 1. The lowest BCUT2D eigenvalue weighted by Crippen LogP contribution is -2.26. The first kappa shape index (κ1) is 16.8. The fraction of sp³-hybridized carbons (Fsp3) is 0.211. The largest absolute Gasteiger partial charge is 0.493 e. The van der Waals surface area contributed by atoms with Crippen molar-refractivity contribution in [1.29, 1.82) is 0 Å². The summed E-state index contributed by atoms with van der Waals surface area (Å²) >= 11 is 0. The Morgan fingerprint density at radius 3 is 2.48 bits per heavy atom. The van der Waals surface area contributed by atoms with Crippen molar-refractivity contribution in [2.75, 3.05) is 26.2 Å². The predicted octanol–water partition coefficient (Wildman–Crippen LogP) is 3.91. The molecule has 0 bridgehead atoms. The zero-order chi connectivity index (χ0) is 18.1. The number of halogens is 1. The van der Waals surface area contributed by atoms with E-state index in [4.69, 9.17) is 9.47 Å². The second-order valence-corrected chi connectivity index (χ2v) is 5.72. The normalized spacial score (nSPS) is 10.8. The van der Waals surface area contributed by atoms with Gasteiger partial charge < -0.3 is 19.4 Å². The van der Waals surface area contributed by atoms with Crippen LogP contribution in [-0.2, 0) is 0 Å². The van der Waals surface area contributed by atoms with Gasteiger partial charge in [0, 0.05) is 35.4 Å². The van der Waals surface area contributed by atoms with Crippen LogP contribution >= 0.6 is 0 Å². The molecule has 6 heteroatoms. The number of rotatable bonds is 4. The second kappa shape index (κ2) is 6.47. The fourth-order valence-electron chi connectivity index (χ4n) is 2.89. The van der Waals surface area contributed by atoms with Crippen LogP contribution < -0.4 is 14.4 Å². The molecule has 1 heterocycles. The number of hydrogen-bond donors (Lipinski definition) is 1. The number of aromatic nitrogens is 1. The molecule has 0 unspecified atom stereocenters. The first-order chi connectivity index (χ1) is 12.0. The van der Waals surface area contributed by atoms with Crippen LogP contribution in [0.25, 0.3) is 10.9 Å². The van der Waals surface area contributed by atoms with Gasteiger partial charge in [-0.15, -0.1) is 0 Å². The standard InChI is InChI=1S/C19H19FN2O3/c1-11-18(14-9-12(20)5-7-15(14)21-11)19(23)22(2)13-6-8-16(24-3)17(10-13)25-4/h5-10,21H,1-4H3. The Bertz CT molecular complexity index is 949. The molecule has 25 heavy (non-hydrogen) atoms. The molecule has 2 aromatic carbocycles. The van der Waals surface area contributed by atoms with Gasteiger partial charge in [-0.2, -0.15) is 0 Å². The number of hydrogen-bond acceptors (Lipinski definition) is 3. The van der Waals surface area contributed by atoms with Gasteiger partial charge in [0.15, 0.2) is 11.5 Å². The summed E-state index contributed by atoms with van der Waals surface area (Å²) in [5, 5.41) is 0.565. The molecule has 5 nitrogen and oxygen atoms in total. The molecule has 0 atom stereocenters. The van der Waals surface area contributed by atoms with Crippen molar-refractivity contribution < 1.29 is 18.7 Å². The van der Waals surface area contributed by atoms with Gasteiger partial charge in [0.2, 0.25) is 0 Å². The molecule has 1 aromatic heterocycles. The number of anilines is 1. The number of fused-ring (bicyclic) bond motifs is 1. The molecular weight excluding hydrogens is 323 g/mol. The summed E-state index contributed by atoms with van der Waals surface area (Å²) in [6.07, 6.45) is 0. The van der Waals surface area contributed by atoms with Crippen LogP contribution in [0.3, 0.4) is 0 Å². The molecule has 0 saturated heterocycles. The van der Waals surface area contributed by atoms with Crippen LogP contribution in [0.5, 0.6) is 11.5 Å². The number of nitrogens with zero attached hydrogens (tertiary/aromatic N) is 1. The van der Waals surface area contributed by atoms with E-state index in [-0.39, 0.29) is 11.7 Å². The minimum absolute atomic E-state index is 0.235. The number of carbonyl (C=O) groups is 1. The Morgan fingerprint density at radius 2 is 1.80 bits per heavy atom. The Labute approximate surface area is 145 Å². The molecule has 0 radical (unpaired) electrons. The molecule has 1 N–H and O–H groups in total. The fourth-order valence-corrected chi connectivity index (χ4v) is 2.89. The van der Waals surface area contributed by atoms with Gasteiger partial charge in [-0.1, -0.05) is 0 Å². The molecule has 0 aliphatic carbocycles. The Kier molecular flexibility index (Phi) is 4.35. The third kappa shape index (κ3) is 2.91. The van der Waals surface area contributed by atoms with Gasteiger partial charge in [-0.25, -0.2) is 4.39 Å². The lowest BCUT2D eigenvalue weighted by atomic mass is 10.1. The summed E-state index contributed by atoms with van der Waals surface area (Å²) in [6.45, 7) is 1.80. The van der Waals surface area contributed by atoms with E-state index >= 15 is 0 Å². The highest BCUT2D eigenvalue weighted by Gasteiger charge is 2.21. The summed E-state index contributed by atoms with van der Waals surface area (Å²) < 4.78 is 24.1. The molecule has 0 saturated carbocycles. The van der Waals surface area contributed by atoms with Crippen LogP contribution in [0.1, 0.15) is 16.1 Å². The van der Waals surface area contributed by atoms with Crippen LogP contribution in [0, 0.1) is 12.7 Å². The molecule has 0 spiro atoms. The van der Waals surface area contributed by atoms with Crippen molar-refractivity contribution in [2.45, 2.75) is 6.92 Å². The van der Waals surface area contributed by atoms with Crippen LogP contribution in [0.4, 0.5) is 10.1 Å². The van der Waals surface area contributed by atoms with E-state index in [0.717, 1.165) is 5.52 Å². The minimum Gasteiger partial charge on any atom is -0.493 e. The summed E-state index contributed by atoms with van der Waals surface area (Å²) in [5.41, 5.74) is 2.51. The van der Waals surface area contributed by atoms with E-state index in [1.807, 2.05) is 0 Å². The maximum atomic E-state index is 13.6. The number of aromatic amines is 1. The third-order valence-electron chi connectivity index (χ3n) is 4.22. The Morgan fingerprint density at radius 1 is 1.08 bits per heavy atom. The van der Waals surface area contributed by atoms with E-state index in [0.29, 0.717) is 33.8 Å². The van der Waals surface area contributed by atoms with Gasteiger partial charge in [-0.05, 0) is 37.3 Å². The lowest BCUT2D eigenvalue weighted by molar-refractivity contribution is 0.0994. The van der Waals surface area contributed by atoms with Crippen molar-refractivity contribution in [1.82, 2.24) is 4.98 Å². The quantitative estimate of drug-likeness (QED) is 0.782. The number of methoxy groups -OCH3 is 2. The molecule has 3 rings (SSSR count). The Hall–Kier alpha value is -3.02. The monoisotopic (exact) mass is 342 g/mol. The zero-order valence-electron chi connectivity index (χ0n) is 14.5. The number of H-pyrrole nitrogens is 1. The number of nitrogens with one attached hydrogen (secondary N) is 1. The van der Waals surface area contributed by atoms with Gasteiger partial charge in [0.25, 0.3) is 5.91 Å². The highest BCUT2D eigenvalue weighted by Crippen LogP contribution is 2.32. The summed E-state index contributed by atoms with van der Waals surface area (Å²) in [4.78, 5) is 17.6. The molecule has 0 aliphatic rings. The molecule has 0 fully saturated rings. The Balaban J connectivity index is 2.04. The van der Waals surface area contributed by atoms with Crippen molar-refractivity contribution in [3.63, 3.8) is 0 Å². The zero-order valence-corrected chi connectivity index (χ0v) is 14.5. The summed E-state index contributed by atoms with van der Waals surface area (Å²) in [7, 11) is 4.76. The smallest absolute Gasteiger partial charge is 0.260 e. The van der Waals surface area contributed by atoms with Crippen molar-refractivity contribution >= 4 is 22.5 Å². The summed E-state index contributed by atoms with van der Waals surface area (Å²) in [5.74, 6) is 0.495. The van der Waals surface area contributed by atoms with Gasteiger partial charge in [0.05, 0.1) is 19.8 Å². The number of benzene rings is 2. The van der Waals surface area contributed by atoms with Crippen molar-refractivity contribution in [3.05, 3.63) is 53.5 Å². The average Bonchev–Trinajstić information content (AvgIpc) is 2.94.